The lowest BCUT2D eigenvalue weighted by Crippen LogP contribution is -2.15. The van der Waals surface area contributed by atoms with Gasteiger partial charge in [0.2, 0.25) is 0 Å². The van der Waals surface area contributed by atoms with Gasteiger partial charge in [0.05, 0.1) is 15.7 Å². The zero-order valence-electron chi connectivity index (χ0n) is 9.38. The second-order valence-electron chi connectivity index (χ2n) is 3.73. The van der Waals surface area contributed by atoms with Crippen molar-refractivity contribution in [2.45, 2.75) is 0 Å². The van der Waals surface area contributed by atoms with E-state index in [-0.39, 0.29) is 5.91 Å². The van der Waals surface area contributed by atoms with Crippen LogP contribution < -0.4 is 5.32 Å². The molecule has 0 fully saturated rings. The molecule has 2 rings (SSSR count). The van der Waals surface area contributed by atoms with Gasteiger partial charge >= 0.3 is 0 Å². The summed E-state index contributed by atoms with van der Waals surface area (Å²) < 4.78 is 2.50. The predicted octanol–water partition coefficient (Wildman–Crippen LogP) is 4.35. The van der Waals surface area contributed by atoms with E-state index >= 15 is 0 Å². The number of aromatic nitrogens is 1. The molecule has 0 aliphatic heterocycles. The SMILES string of the molecule is Cn1cc(Cl)cc1C(=O)Nc1cc(Br)ccc1Cl. The Hall–Kier alpha value is -0.970. The van der Waals surface area contributed by atoms with Crippen molar-refractivity contribution in [3.05, 3.63) is 50.7 Å². The van der Waals surface area contributed by atoms with Crippen LogP contribution >= 0.6 is 39.1 Å². The van der Waals surface area contributed by atoms with Crippen molar-refractivity contribution < 1.29 is 4.79 Å². The summed E-state index contributed by atoms with van der Waals surface area (Å²) in [4.78, 5) is 12.0. The molecule has 1 heterocycles. The van der Waals surface area contributed by atoms with Crippen LogP contribution in [0.5, 0.6) is 0 Å². The third-order valence-electron chi connectivity index (χ3n) is 2.38. The van der Waals surface area contributed by atoms with Gasteiger partial charge < -0.3 is 9.88 Å². The lowest BCUT2D eigenvalue weighted by molar-refractivity contribution is 0.101. The number of rotatable bonds is 2. The second kappa shape index (κ2) is 5.34. The number of hydrogen-bond donors (Lipinski definition) is 1. The standard InChI is InChI=1S/C12H9BrCl2N2O/c1-17-6-8(14)5-11(17)12(18)16-10-4-7(13)2-3-9(10)15/h2-6H,1H3,(H,16,18). The average molecular weight is 348 g/mol. The topological polar surface area (TPSA) is 34.0 Å². The van der Waals surface area contributed by atoms with Gasteiger partial charge in [-0.2, -0.15) is 0 Å². The van der Waals surface area contributed by atoms with Crippen LogP contribution in [0, 0.1) is 0 Å². The summed E-state index contributed by atoms with van der Waals surface area (Å²) in [5, 5.41) is 3.74. The molecule has 0 radical (unpaired) electrons. The molecule has 1 amide bonds. The van der Waals surface area contributed by atoms with Crippen LogP contribution in [0.2, 0.25) is 10.0 Å². The number of carbonyl (C=O) groups is 1. The molecule has 18 heavy (non-hydrogen) atoms. The molecule has 0 aliphatic carbocycles. The minimum Gasteiger partial charge on any atom is -0.345 e. The summed E-state index contributed by atoms with van der Waals surface area (Å²) in [6.45, 7) is 0. The molecule has 0 unspecified atom stereocenters. The average Bonchev–Trinajstić information content (AvgIpc) is 2.63. The van der Waals surface area contributed by atoms with Crippen LogP contribution in [0.25, 0.3) is 0 Å². The molecule has 6 heteroatoms. The van der Waals surface area contributed by atoms with E-state index in [1.54, 1.807) is 42.1 Å². The Morgan fingerprint density at radius 3 is 2.67 bits per heavy atom. The molecule has 0 saturated carbocycles. The first-order valence-corrected chi connectivity index (χ1v) is 6.60. The van der Waals surface area contributed by atoms with E-state index in [4.69, 9.17) is 23.2 Å². The first-order valence-electron chi connectivity index (χ1n) is 5.05. The second-order valence-corrected chi connectivity index (χ2v) is 5.49. The number of aryl methyl sites for hydroxylation is 1. The van der Waals surface area contributed by atoms with E-state index in [9.17, 15) is 4.79 Å². The third kappa shape index (κ3) is 2.88. The molecule has 0 aliphatic rings. The van der Waals surface area contributed by atoms with Crippen molar-refractivity contribution in [1.82, 2.24) is 4.57 Å². The Bertz CT molecular complexity index is 610. The Labute approximate surface area is 123 Å². The summed E-state index contributed by atoms with van der Waals surface area (Å²) in [6, 6.07) is 6.85. The molecule has 1 N–H and O–H groups in total. The zero-order chi connectivity index (χ0) is 13.3. The molecule has 94 valence electrons. The summed E-state index contributed by atoms with van der Waals surface area (Å²) >= 11 is 15.2. The summed E-state index contributed by atoms with van der Waals surface area (Å²) in [7, 11) is 1.75. The number of amides is 1. The van der Waals surface area contributed by atoms with Crippen LogP contribution in [0.15, 0.2) is 34.9 Å². The quantitative estimate of drug-likeness (QED) is 0.861. The van der Waals surface area contributed by atoms with Crippen molar-refractivity contribution in [2.75, 3.05) is 5.32 Å². The van der Waals surface area contributed by atoms with Gasteiger partial charge in [0, 0.05) is 17.7 Å². The number of halogens is 3. The van der Waals surface area contributed by atoms with Gasteiger partial charge in [0.1, 0.15) is 5.69 Å². The third-order valence-corrected chi connectivity index (χ3v) is 3.41. The van der Waals surface area contributed by atoms with E-state index in [2.05, 4.69) is 21.2 Å². The highest BCUT2D eigenvalue weighted by Gasteiger charge is 2.13. The fourth-order valence-electron chi connectivity index (χ4n) is 1.53. The Morgan fingerprint density at radius 1 is 1.33 bits per heavy atom. The lowest BCUT2D eigenvalue weighted by Gasteiger charge is -2.08. The van der Waals surface area contributed by atoms with Crippen molar-refractivity contribution >= 4 is 50.7 Å². The van der Waals surface area contributed by atoms with Crippen LogP contribution in [0.1, 0.15) is 10.5 Å². The maximum atomic E-state index is 12.0. The van der Waals surface area contributed by atoms with Crippen LogP contribution in [0.3, 0.4) is 0 Å². The molecule has 0 saturated heterocycles. The molecule has 3 nitrogen and oxygen atoms in total. The van der Waals surface area contributed by atoms with Gasteiger partial charge in [0.15, 0.2) is 0 Å². The Morgan fingerprint density at radius 2 is 2.06 bits per heavy atom. The fourth-order valence-corrected chi connectivity index (χ4v) is 2.31. The van der Waals surface area contributed by atoms with E-state index in [1.165, 1.54) is 0 Å². The molecule has 0 atom stereocenters. The number of nitrogens with zero attached hydrogens (tertiary/aromatic N) is 1. The molecule has 0 spiro atoms. The zero-order valence-corrected chi connectivity index (χ0v) is 12.5. The summed E-state index contributed by atoms with van der Waals surface area (Å²) in [5.41, 5.74) is 1.02. The van der Waals surface area contributed by atoms with Crippen molar-refractivity contribution in [1.29, 1.82) is 0 Å². The van der Waals surface area contributed by atoms with E-state index < -0.39 is 0 Å². The summed E-state index contributed by atoms with van der Waals surface area (Å²) in [5.74, 6) is -0.260. The number of anilines is 1. The maximum absolute atomic E-state index is 12.0. The van der Waals surface area contributed by atoms with E-state index in [0.29, 0.717) is 21.4 Å². The van der Waals surface area contributed by atoms with Crippen LogP contribution in [0.4, 0.5) is 5.69 Å². The largest absolute Gasteiger partial charge is 0.345 e. The first kappa shape index (κ1) is 13.5. The number of nitrogens with one attached hydrogen (secondary N) is 1. The van der Waals surface area contributed by atoms with E-state index in [0.717, 1.165) is 4.47 Å². The molecule has 1 aromatic carbocycles. The van der Waals surface area contributed by atoms with Gasteiger partial charge in [-0.25, -0.2) is 0 Å². The summed E-state index contributed by atoms with van der Waals surface area (Å²) in [6.07, 6.45) is 1.67. The van der Waals surface area contributed by atoms with Gasteiger partial charge in [-0.15, -0.1) is 0 Å². The minimum absolute atomic E-state index is 0.260. The van der Waals surface area contributed by atoms with Gasteiger partial charge in [-0.3, -0.25) is 4.79 Å². The smallest absolute Gasteiger partial charge is 0.272 e. The normalized spacial score (nSPS) is 10.4. The highest BCUT2D eigenvalue weighted by molar-refractivity contribution is 9.10. The fraction of sp³-hybridized carbons (Fsp3) is 0.0833. The van der Waals surface area contributed by atoms with Crippen molar-refractivity contribution in [3.63, 3.8) is 0 Å². The molecule has 0 bridgehead atoms. The highest BCUT2D eigenvalue weighted by Crippen LogP contribution is 2.26. The number of hydrogen-bond acceptors (Lipinski definition) is 1. The Kier molecular flexibility index (Phi) is 4.00. The monoisotopic (exact) mass is 346 g/mol. The van der Waals surface area contributed by atoms with Gasteiger partial charge in [-0.1, -0.05) is 39.1 Å². The maximum Gasteiger partial charge on any atom is 0.272 e. The van der Waals surface area contributed by atoms with Crippen LogP contribution in [-0.2, 0) is 7.05 Å². The number of benzene rings is 1. The lowest BCUT2D eigenvalue weighted by atomic mass is 10.3. The number of carbonyl (C=O) groups excluding carboxylic acids is 1. The van der Waals surface area contributed by atoms with Gasteiger partial charge in [0.25, 0.3) is 5.91 Å². The first-order chi connectivity index (χ1) is 8.47. The highest BCUT2D eigenvalue weighted by atomic mass is 79.9. The predicted molar refractivity (Wildman–Crippen MR) is 77.5 cm³/mol. The molecular weight excluding hydrogens is 339 g/mol. The Balaban J connectivity index is 2.26. The van der Waals surface area contributed by atoms with Crippen molar-refractivity contribution in [2.24, 2.45) is 7.05 Å². The minimum atomic E-state index is -0.260. The van der Waals surface area contributed by atoms with E-state index in [1.807, 2.05) is 0 Å². The van der Waals surface area contributed by atoms with Crippen LogP contribution in [-0.4, -0.2) is 10.5 Å². The molecular formula is C12H9BrCl2N2O. The molecule has 2 aromatic rings. The van der Waals surface area contributed by atoms with Crippen molar-refractivity contribution in [3.8, 4) is 0 Å². The molecule has 1 aromatic heterocycles. The van der Waals surface area contributed by atoms with Gasteiger partial charge in [-0.05, 0) is 24.3 Å².